The maximum absolute atomic E-state index is 10.9. The Balaban J connectivity index is 2.76. The monoisotopic (exact) mass is 160 g/mol. The van der Waals surface area contributed by atoms with E-state index in [1.54, 1.807) is 0 Å². The summed E-state index contributed by atoms with van der Waals surface area (Å²) in [6.07, 6.45) is 1.13. The molecule has 0 aromatic carbocycles. The molecule has 1 aromatic heterocycles. The van der Waals surface area contributed by atoms with Crippen LogP contribution in [-0.4, -0.2) is 13.4 Å². The lowest BCUT2D eigenvalue weighted by molar-refractivity contribution is 0.447. The Kier molecular flexibility index (Phi) is 0.930. The first-order valence-electron chi connectivity index (χ1n) is 2.62. The normalized spacial score (nSPS) is 20.8. The van der Waals surface area contributed by atoms with Crippen molar-refractivity contribution in [2.24, 2.45) is 0 Å². The van der Waals surface area contributed by atoms with E-state index in [0.717, 1.165) is 6.39 Å². The second-order valence-corrected chi connectivity index (χ2v) is 3.58. The predicted molar refractivity (Wildman–Crippen MR) is 30.5 cm³/mol. The third-order valence-corrected chi connectivity index (χ3v) is 2.62. The van der Waals surface area contributed by atoms with Crippen LogP contribution in [0, 0.1) is 0 Å². The quantitative estimate of drug-likeness (QED) is 0.553. The van der Waals surface area contributed by atoms with Crippen LogP contribution in [-0.2, 0) is 16.6 Å². The van der Waals surface area contributed by atoms with Crippen molar-refractivity contribution in [3.8, 4) is 0 Å². The Hall–Kier alpha value is -0.880. The summed E-state index contributed by atoms with van der Waals surface area (Å²) in [6, 6.07) is 0. The molecule has 0 unspecified atom stereocenters. The van der Waals surface area contributed by atoms with Crippen molar-refractivity contribution in [3.63, 3.8) is 0 Å². The zero-order valence-electron chi connectivity index (χ0n) is 4.86. The van der Waals surface area contributed by atoms with E-state index in [4.69, 9.17) is 0 Å². The van der Waals surface area contributed by atoms with Crippen molar-refractivity contribution in [1.82, 2.24) is 9.71 Å². The van der Waals surface area contributed by atoms with Gasteiger partial charge in [-0.15, -0.1) is 0 Å². The SMILES string of the molecule is O=S1(=O)NCc2ncoc21. The first-order valence-corrected chi connectivity index (χ1v) is 4.10. The highest BCUT2D eigenvalue weighted by Crippen LogP contribution is 2.19. The number of hydrogen-bond acceptors (Lipinski definition) is 4. The van der Waals surface area contributed by atoms with Crippen molar-refractivity contribution in [2.45, 2.75) is 11.6 Å². The average molecular weight is 160 g/mol. The molecular formula is C4H4N2O3S. The summed E-state index contributed by atoms with van der Waals surface area (Å²) in [6.45, 7) is 0.244. The Bertz CT molecular complexity index is 352. The molecule has 0 atom stereocenters. The van der Waals surface area contributed by atoms with Gasteiger partial charge in [0.25, 0.3) is 15.1 Å². The maximum atomic E-state index is 10.9. The fourth-order valence-corrected chi connectivity index (χ4v) is 1.89. The van der Waals surface area contributed by atoms with E-state index in [1.807, 2.05) is 0 Å². The van der Waals surface area contributed by atoms with Gasteiger partial charge in [-0.25, -0.2) is 18.1 Å². The summed E-state index contributed by atoms with van der Waals surface area (Å²) in [5.74, 6) is 0. The molecule has 0 aliphatic carbocycles. The first-order chi connectivity index (χ1) is 4.70. The topological polar surface area (TPSA) is 72.2 Å². The number of aromatic nitrogens is 1. The van der Waals surface area contributed by atoms with Gasteiger partial charge in [-0.05, 0) is 0 Å². The van der Waals surface area contributed by atoms with E-state index in [-0.39, 0.29) is 11.6 Å². The molecule has 1 N–H and O–H groups in total. The summed E-state index contributed by atoms with van der Waals surface area (Å²) in [5.41, 5.74) is 0.458. The van der Waals surface area contributed by atoms with Crippen molar-refractivity contribution < 1.29 is 12.8 Å². The molecule has 10 heavy (non-hydrogen) atoms. The van der Waals surface area contributed by atoms with Crippen LogP contribution in [0.3, 0.4) is 0 Å². The summed E-state index contributed by atoms with van der Waals surface area (Å²) in [7, 11) is -3.34. The first kappa shape index (κ1) is 5.87. The molecule has 1 aromatic rings. The van der Waals surface area contributed by atoms with Gasteiger partial charge in [0.1, 0.15) is 5.69 Å². The molecule has 0 fully saturated rings. The maximum Gasteiger partial charge on any atom is 0.276 e. The van der Waals surface area contributed by atoms with E-state index in [1.165, 1.54) is 0 Å². The number of sulfonamides is 1. The molecule has 1 aliphatic heterocycles. The zero-order valence-corrected chi connectivity index (χ0v) is 5.68. The van der Waals surface area contributed by atoms with Crippen LogP contribution in [0.15, 0.2) is 15.9 Å². The zero-order chi connectivity index (χ0) is 7.19. The lowest BCUT2D eigenvalue weighted by atomic mass is 10.5. The van der Waals surface area contributed by atoms with Crippen LogP contribution >= 0.6 is 0 Å². The van der Waals surface area contributed by atoms with Crippen LogP contribution in [0.5, 0.6) is 0 Å². The molecular weight excluding hydrogens is 156 g/mol. The number of hydrogen-bond donors (Lipinski definition) is 1. The van der Waals surface area contributed by atoms with Crippen molar-refractivity contribution in [1.29, 1.82) is 0 Å². The van der Waals surface area contributed by atoms with E-state index in [9.17, 15) is 8.42 Å². The molecule has 6 heteroatoms. The van der Waals surface area contributed by atoms with Crippen molar-refractivity contribution in [3.05, 3.63) is 12.1 Å². The Morgan fingerprint density at radius 3 is 3.20 bits per heavy atom. The van der Waals surface area contributed by atoms with E-state index in [0.29, 0.717) is 5.69 Å². The summed E-state index contributed by atoms with van der Waals surface area (Å²) in [5, 5.41) is -0.0486. The highest BCUT2D eigenvalue weighted by atomic mass is 32.2. The smallest absolute Gasteiger partial charge is 0.276 e. The molecule has 5 nitrogen and oxygen atoms in total. The minimum Gasteiger partial charge on any atom is -0.430 e. The fraction of sp³-hybridized carbons (Fsp3) is 0.250. The van der Waals surface area contributed by atoms with Gasteiger partial charge >= 0.3 is 0 Å². The molecule has 0 radical (unpaired) electrons. The Morgan fingerprint density at radius 2 is 2.50 bits per heavy atom. The molecule has 2 rings (SSSR count). The number of rotatable bonds is 0. The molecule has 1 aliphatic rings. The number of nitrogens with zero attached hydrogens (tertiary/aromatic N) is 1. The van der Waals surface area contributed by atoms with Crippen molar-refractivity contribution >= 4 is 10.0 Å². The summed E-state index contributed by atoms with van der Waals surface area (Å²) < 4.78 is 28.6. The second kappa shape index (κ2) is 1.58. The van der Waals surface area contributed by atoms with Crippen LogP contribution in [0.2, 0.25) is 0 Å². The van der Waals surface area contributed by atoms with E-state index < -0.39 is 10.0 Å². The highest BCUT2D eigenvalue weighted by molar-refractivity contribution is 7.89. The Labute approximate surface area is 57.1 Å². The van der Waals surface area contributed by atoms with E-state index in [2.05, 4.69) is 14.1 Å². The van der Waals surface area contributed by atoms with Gasteiger partial charge in [-0.2, -0.15) is 0 Å². The van der Waals surface area contributed by atoms with Gasteiger partial charge in [-0.1, -0.05) is 0 Å². The third kappa shape index (κ3) is 0.598. The standard InChI is InChI=1S/C4H4N2O3S/c7-10(8)4-3(1-6-10)5-2-9-4/h2,6H,1H2. The lowest BCUT2D eigenvalue weighted by Crippen LogP contribution is -2.14. The molecule has 54 valence electrons. The van der Waals surface area contributed by atoms with Gasteiger partial charge < -0.3 is 4.42 Å². The third-order valence-electron chi connectivity index (χ3n) is 1.28. The van der Waals surface area contributed by atoms with Gasteiger partial charge in [0, 0.05) is 0 Å². The van der Waals surface area contributed by atoms with Crippen LogP contribution in [0.1, 0.15) is 5.69 Å². The number of fused-ring (bicyclic) bond motifs is 1. The largest absolute Gasteiger partial charge is 0.430 e. The molecule has 0 saturated carbocycles. The molecule has 0 spiro atoms. The Morgan fingerprint density at radius 1 is 1.70 bits per heavy atom. The minimum absolute atomic E-state index is 0.0486. The van der Waals surface area contributed by atoms with Gasteiger partial charge in [0.2, 0.25) is 0 Å². The summed E-state index contributed by atoms with van der Waals surface area (Å²) in [4.78, 5) is 3.68. The van der Waals surface area contributed by atoms with Crippen LogP contribution < -0.4 is 4.72 Å². The van der Waals surface area contributed by atoms with Crippen LogP contribution in [0.25, 0.3) is 0 Å². The highest BCUT2D eigenvalue weighted by Gasteiger charge is 2.30. The van der Waals surface area contributed by atoms with Crippen molar-refractivity contribution in [2.75, 3.05) is 0 Å². The number of oxazole rings is 1. The predicted octanol–water partition coefficient (Wildman–Crippen LogP) is -0.534. The molecule has 0 amide bonds. The average Bonchev–Trinajstić information content (AvgIpc) is 2.36. The molecule has 0 bridgehead atoms. The molecule has 0 saturated heterocycles. The van der Waals surface area contributed by atoms with Gasteiger partial charge in [0.15, 0.2) is 6.39 Å². The summed E-state index contributed by atoms with van der Waals surface area (Å²) >= 11 is 0. The van der Waals surface area contributed by atoms with E-state index >= 15 is 0 Å². The lowest BCUT2D eigenvalue weighted by Gasteiger charge is -1.87. The van der Waals surface area contributed by atoms with Crippen LogP contribution in [0.4, 0.5) is 0 Å². The molecule has 2 heterocycles. The van der Waals surface area contributed by atoms with Gasteiger partial charge in [-0.3, -0.25) is 0 Å². The number of nitrogens with one attached hydrogen (secondary N) is 1. The van der Waals surface area contributed by atoms with Gasteiger partial charge in [0.05, 0.1) is 6.54 Å². The minimum atomic E-state index is -3.34. The fourth-order valence-electron chi connectivity index (χ4n) is 0.824. The second-order valence-electron chi connectivity index (χ2n) is 1.91.